The van der Waals surface area contributed by atoms with Gasteiger partial charge in [-0.1, -0.05) is 0 Å². The van der Waals surface area contributed by atoms with Gasteiger partial charge in [-0.05, 0) is 31.9 Å². The molecule has 0 aliphatic heterocycles. The molecule has 1 rings (SSSR count). The smallest absolute Gasteiger partial charge is 0.318 e. The first-order chi connectivity index (χ1) is 6.38. The number of furan rings is 1. The van der Waals surface area contributed by atoms with E-state index in [1.54, 1.807) is 0 Å². The summed E-state index contributed by atoms with van der Waals surface area (Å²) in [5.41, 5.74) is 0.189. The third-order valence-electron chi connectivity index (χ3n) is 1.28. The van der Waals surface area contributed by atoms with Gasteiger partial charge in [-0.3, -0.25) is 4.79 Å². The Bertz CT molecular complexity index is 335. The fourth-order valence-corrected chi connectivity index (χ4v) is 1.19. The second-order valence-electron chi connectivity index (χ2n) is 2.44. The molecule has 1 N–H and O–H groups in total. The lowest BCUT2D eigenvalue weighted by molar-refractivity contribution is 0.0835. The van der Waals surface area contributed by atoms with E-state index in [0.717, 1.165) is 0 Å². The van der Waals surface area contributed by atoms with Crippen LogP contribution >= 0.6 is 31.9 Å². The summed E-state index contributed by atoms with van der Waals surface area (Å²) in [6, 6.07) is 1.39. The van der Waals surface area contributed by atoms with Gasteiger partial charge in [0.15, 0.2) is 4.67 Å². The quantitative estimate of drug-likeness (QED) is 0.865. The molecule has 0 saturated heterocycles. The number of hydrogen-bond acceptors (Lipinski definition) is 2. The Hall–Kier alpha value is -0.430. The normalized spacial score (nSPS) is 11.4. The van der Waals surface area contributed by atoms with Gasteiger partial charge in [0, 0.05) is 6.07 Å². The second-order valence-corrected chi connectivity index (χ2v) is 4.38. The van der Waals surface area contributed by atoms with Gasteiger partial charge in [-0.2, -0.15) is 8.78 Å². The number of rotatable bonds is 3. The molecule has 78 valence electrons. The Morgan fingerprint density at radius 3 is 2.71 bits per heavy atom. The van der Waals surface area contributed by atoms with E-state index in [4.69, 9.17) is 4.42 Å². The molecule has 0 aliphatic rings. The summed E-state index contributed by atoms with van der Waals surface area (Å²) in [6.45, 7) is -0.769. The van der Waals surface area contributed by atoms with E-state index in [-0.39, 0.29) is 5.56 Å². The number of alkyl halides is 3. The van der Waals surface area contributed by atoms with E-state index in [2.05, 4.69) is 31.9 Å². The molecular formula is C7H5Br2F2NO2. The Labute approximate surface area is 95.1 Å². The lowest BCUT2D eigenvalue weighted by atomic mass is 10.3. The van der Waals surface area contributed by atoms with Crippen molar-refractivity contribution in [2.75, 3.05) is 6.54 Å². The summed E-state index contributed by atoms with van der Waals surface area (Å²) >= 11 is 5.09. The molecule has 0 spiro atoms. The maximum atomic E-state index is 12.3. The Morgan fingerprint density at radius 1 is 1.64 bits per heavy atom. The monoisotopic (exact) mass is 331 g/mol. The van der Waals surface area contributed by atoms with Gasteiger partial charge in [-0.15, -0.1) is 0 Å². The molecule has 0 aliphatic carbocycles. The molecule has 1 aromatic heterocycles. The summed E-state index contributed by atoms with van der Waals surface area (Å²) in [5.74, 6) is -0.612. The van der Waals surface area contributed by atoms with Crippen molar-refractivity contribution in [2.24, 2.45) is 0 Å². The van der Waals surface area contributed by atoms with Crippen LogP contribution in [0.3, 0.4) is 0 Å². The van der Waals surface area contributed by atoms with Gasteiger partial charge in [0.25, 0.3) is 5.91 Å². The number of hydrogen-bond donors (Lipinski definition) is 1. The predicted octanol–water partition coefficient (Wildman–Crippen LogP) is 2.76. The zero-order valence-corrected chi connectivity index (χ0v) is 9.86. The zero-order valence-electron chi connectivity index (χ0n) is 6.69. The maximum Gasteiger partial charge on any atom is 0.318 e. The standard InChI is InChI=1S/C7H5Br2F2NO2/c8-5-1-4(2-14-5)6(13)12-3-7(9,10)11/h1-2H,3H2,(H,12,13). The van der Waals surface area contributed by atoms with Crippen LogP contribution in [0.1, 0.15) is 10.4 Å². The minimum atomic E-state index is -3.09. The predicted molar refractivity (Wildman–Crippen MR) is 52.6 cm³/mol. The van der Waals surface area contributed by atoms with Crippen LogP contribution in [0.2, 0.25) is 0 Å². The fourth-order valence-electron chi connectivity index (χ4n) is 0.712. The highest BCUT2D eigenvalue weighted by Gasteiger charge is 2.24. The second kappa shape index (κ2) is 4.39. The highest BCUT2D eigenvalue weighted by Crippen LogP contribution is 2.20. The molecule has 0 unspecified atom stereocenters. The van der Waals surface area contributed by atoms with Crippen LogP contribution in [0, 0.1) is 0 Å². The molecule has 0 saturated carbocycles. The molecule has 0 fully saturated rings. The molecule has 0 radical (unpaired) electrons. The third-order valence-corrected chi connectivity index (χ3v) is 1.98. The van der Waals surface area contributed by atoms with Gasteiger partial charge in [0.2, 0.25) is 0 Å². The van der Waals surface area contributed by atoms with Gasteiger partial charge in [0.05, 0.1) is 12.1 Å². The molecular weight excluding hydrogens is 328 g/mol. The van der Waals surface area contributed by atoms with Crippen LogP contribution in [0.4, 0.5) is 8.78 Å². The van der Waals surface area contributed by atoms with Crippen LogP contribution in [-0.4, -0.2) is 17.3 Å². The van der Waals surface area contributed by atoms with Gasteiger partial charge >= 0.3 is 4.83 Å². The van der Waals surface area contributed by atoms with E-state index in [1.165, 1.54) is 12.3 Å². The molecule has 3 nitrogen and oxygen atoms in total. The summed E-state index contributed by atoms with van der Waals surface area (Å²) in [7, 11) is 0. The molecule has 7 heteroatoms. The largest absolute Gasteiger partial charge is 0.457 e. The molecule has 1 amide bonds. The Morgan fingerprint density at radius 2 is 2.29 bits per heavy atom. The van der Waals surface area contributed by atoms with Crippen molar-refractivity contribution in [3.8, 4) is 0 Å². The molecule has 0 aromatic carbocycles. The van der Waals surface area contributed by atoms with Crippen molar-refractivity contribution >= 4 is 37.8 Å². The van der Waals surface area contributed by atoms with Crippen molar-refractivity contribution in [3.63, 3.8) is 0 Å². The average Bonchev–Trinajstić information content (AvgIpc) is 2.46. The van der Waals surface area contributed by atoms with Crippen LogP contribution in [-0.2, 0) is 0 Å². The van der Waals surface area contributed by atoms with Crippen LogP contribution < -0.4 is 5.32 Å². The minimum Gasteiger partial charge on any atom is -0.457 e. The van der Waals surface area contributed by atoms with Gasteiger partial charge in [0.1, 0.15) is 6.26 Å². The van der Waals surface area contributed by atoms with E-state index < -0.39 is 17.3 Å². The SMILES string of the molecule is O=C(NCC(F)(F)Br)c1coc(Br)c1. The van der Waals surface area contributed by atoms with Crippen LogP contribution in [0.15, 0.2) is 21.4 Å². The number of amides is 1. The molecule has 14 heavy (non-hydrogen) atoms. The van der Waals surface area contributed by atoms with Gasteiger partial charge < -0.3 is 9.73 Å². The van der Waals surface area contributed by atoms with Crippen molar-refractivity contribution in [1.29, 1.82) is 0 Å². The van der Waals surface area contributed by atoms with E-state index in [0.29, 0.717) is 4.67 Å². The summed E-state index contributed by atoms with van der Waals surface area (Å²) in [5, 5.41) is 2.04. The third kappa shape index (κ3) is 3.75. The number of halogens is 4. The topological polar surface area (TPSA) is 42.2 Å². The summed E-state index contributed by atoms with van der Waals surface area (Å²) in [6.07, 6.45) is 1.17. The zero-order chi connectivity index (χ0) is 10.8. The number of carbonyl (C=O) groups excluding carboxylic acids is 1. The first kappa shape index (κ1) is 11.6. The maximum absolute atomic E-state index is 12.3. The number of nitrogens with one attached hydrogen (secondary N) is 1. The molecule has 1 heterocycles. The first-order valence-electron chi connectivity index (χ1n) is 3.47. The highest BCUT2D eigenvalue weighted by atomic mass is 79.9. The van der Waals surface area contributed by atoms with E-state index in [1.807, 2.05) is 5.32 Å². The van der Waals surface area contributed by atoms with E-state index >= 15 is 0 Å². The number of carbonyl (C=O) groups is 1. The summed E-state index contributed by atoms with van der Waals surface area (Å²) < 4.78 is 29.7. The fraction of sp³-hybridized carbons (Fsp3) is 0.286. The Kier molecular flexibility index (Phi) is 3.65. The van der Waals surface area contributed by atoms with Crippen LogP contribution in [0.5, 0.6) is 0 Å². The van der Waals surface area contributed by atoms with Crippen molar-refractivity contribution in [3.05, 3.63) is 22.6 Å². The summed E-state index contributed by atoms with van der Waals surface area (Å²) in [4.78, 5) is 8.06. The lowest BCUT2D eigenvalue weighted by Crippen LogP contribution is -2.32. The minimum absolute atomic E-state index is 0.189. The van der Waals surface area contributed by atoms with Crippen molar-refractivity contribution < 1.29 is 18.0 Å². The Balaban J connectivity index is 2.52. The van der Waals surface area contributed by atoms with Crippen LogP contribution in [0.25, 0.3) is 0 Å². The molecule has 0 bridgehead atoms. The van der Waals surface area contributed by atoms with Crippen molar-refractivity contribution in [1.82, 2.24) is 5.32 Å². The van der Waals surface area contributed by atoms with E-state index in [9.17, 15) is 13.6 Å². The van der Waals surface area contributed by atoms with Crippen molar-refractivity contribution in [2.45, 2.75) is 4.83 Å². The molecule has 0 atom stereocenters. The lowest BCUT2D eigenvalue weighted by Gasteiger charge is -2.08. The van der Waals surface area contributed by atoms with Gasteiger partial charge in [-0.25, -0.2) is 0 Å². The highest BCUT2D eigenvalue weighted by molar-refractivity contribution is 9.10. The molecule has 1 aromatic rings. The average molecular weight is 333 g/mol. The first-order valence-corrected chi connectivity index (χ1v) is 5.06.